The largest absolute Gasteiger partial charge is 1.00 e. The van der Waals surface area contributed by atoms with Crippen LogP contribution >= 0.6 is 0 Å². The average Bonchev–Trinajstić information content (AvgIpc) is 2.11. The van der Waals surface area contributed by atoms with Gasteiger partial charge in [0.05, 0.1) is 5.97 Å². The van der Waals surface area contributed by atoms with Gasteiger partial charge in [0.1, 0.15) is 0 Å². The van der Waals surface area contributed by atoms with E-state index in [1.54, 1.807) is 6.92 Å². The van der Waals surface area contributed by atoms with Gasteiger partial charge in [0.25, 0.3) is 0 Å². The van der Waals surface area contributed by atoms with Crippen LogP contribution < -0.4 is 40.4 Å². The molecule has 0 spiro atoms. The van der Waals surface area contributed by atoms with E-state index in [1.165, 1.54) is 0 Å². The molecule has 0 unspecified atom stereocenters. The van der Waals surface area contributed by atoms with Crippen molar-refractivity contribution in [3.63, 3.8) is 0 Å². The number of rotatable bonds is 5. The minimum absolute atomic E-state index is 0. The summed E-state index contributed by atoms with van der Waals surface area (Å²) < 4.78 is 5.89. The first kappa shape index (κ1) is 19.9. The SMILES string of the molecule is C[C@H](CO[Si](C)(C)C(C)(C)C)[C@@H](N)C(=O)[O-].[Na+]. The van der Waals surface area contributed by atoms with Crippen LogP contribution in [0.5, 0.6) is 0 Å². The van der Waals surface area contributed by atoms with E-state index in [4.69, 9.17) is 10.2 Å². The van der Waals surface area contributed by atoms with Crippen molar-refractivity contribution in [2.45, 2.75) is 51.9 Å². The molecule has 0 bridgehead atoms. The number of carboxylic acids is 1. The van der Waals surface area contributed by atoms with Crippen molar-refractivity contribution in [2.75, 3.05) is 6.61 Å². The van der Waals surface area contributed by atoms with E-state index >= 15 is 0 Å². The van der Waals surface area contributed by atoms with Gasteiger partial charge in [-0.15, -0.1) is 0 Å². The Morgan fingerprint density at radius 1 is 1.41 bits per heavy atom. The van der Waals surface area contributed by atoms with E-state index in [0.717, 1.165) is 0 Å². The van der Waals surface area contributed by atoms with Gasteiger partial charge in [-0.2, -0.15) is 0 Å². The third-order valence-corrected chi connectivity index (χ3v) is 7.90. The Morgan fingerprint density at radius 3 is 2.12 bits per heavy atom. The molecule has 0 radical (unpaired) electrons. The zero-order valence-corrected chi connectivity index (χ0v) is 15.2. The molecular weight excluding hydrogens is 245 g/mol. The molecule has 6 heteroatoms. The van der Waals surface area contributed by atoms with E-state index in [9.17, 15) is 9.90 Å². The van der Waals surface area contributed by atoms with Gasteiger partial charge in [0, 0.05) is 12.6 Å². The summed E-state index contributed by atoms with van der Waals surface area (Å²) in [5.74, 6) is -1.44. The smallest absolute Gasteiger partial charge is 0.548 e. The molecular formula is C11H24NNaO3Si. The van der Waals surface area contributed by atoms with Gasteiger partial charge in [-0.25, -0.2) is 0 Å². The molecule has 2 atom stereocenters. The molecule has 0 aliphatic carbocycles. The monoisotopic (exact) mass is 269 g/mol. The number of nitrogens with two attached hydrogens (primary N) is 1. The Bertz CT molecular complexity index is 254. The minimum Gasteiger partial charge on any atom is -0.548 e. The van der Waals surface area contributed by atoms with Crippen LogP contribution in [0.2, 0.25) is 18.1 Å². The van der Waals surface area contributed by atoms with Crippen molar-refractivity contribution in [1.82, 2.24) is 0 Å². The van der Waals surface area contributed by atoms with Crippen LogP contribution in [0, 0.1) is 5.92 Å². The van der Waals surface area contributed by atoms with E-state index in [1.807, 2.05) is 0 Å². The van der Waals surface area contributed by atoms with Gasteiger partial charge < -0.3 is 20.1 Å². The summed E-state index contributed by atoms with van der Waals surface area (Å²) in [7, 11) is -1.82. The van der Waals surface area contributed by atoms with Crippen molar-refractivity contribution in [1.29, 1.82) is 0 Å². The quantitative estimate of drug-likeness (QED) is 0.571. The normalized spacial score (nSPS) is 15.9. The number of aliphatic carboxylic acids is 1. The maximum atomic E-state index is 10.6. The van der Waals surface area contributed by atoms with Gasteiger partial charge >= 0.3 is 29.6 Å². The number of carbonyl (C=O) groups is 1. The number of carboxylic acid groups (broad SMARTS) is 1. The van der Waals surface area contributed by atoms with E-state index in [-0.39, 0.29) is 40.5 Å². The molecule has 0 aromatic heterocycles. The molecule has 96 valence electrons. The zero-order valence-electron chi connectivity index (χ0n) is 12.2. The summed E-state index contributed by atoms with van der Waals surface area (Å²) in [6.45, 7) is 12.8. The van der Waals surface area contributed by atoms with Crippen LogP contribution in [0.15, 0.2) is 0 Å². The molecule has 0 aromatic carbocycles. The molecule has 0 saturated carbocycles. The molecule has 0 saturated heterocycles. The van der Waals surface area contributed by atoms with Gasteiger partial charge in [0.15, 0.2) is 8.32 Å². The number of carbonyl (C=O) groups excluding carboxylic acids is 1. The Hall–Kier alpha value is 0.607. The zero-order chi connectivity index (χ0) is 13.1. The van der Waals surface area contributed by atoms with Crippen molar-refractivity contribution < 1.29 is 43.9 Å². The maximum absolute atomic E-state index is 10.6. The van der Waals surface area contributed by atoms with Crippen LogP contribution in [0.25, 0.3) is 0 Å². The molecule has 0 aliphatic rings. The first-order valence-electron chi connectivity index (χ1n) is 5.59. The van der Waals surface area contributed by atoms with Crippen molar-refractivity contribution in [3.05, 3.63) is 0 Å². The Balaban J connectivity index is 0. The molecule has 0 aliphatic heterocycles. The van der Waals surface area contributed by atoms with E-state index in [2.05, 4.69) is 33.9 Å². The van der Waals surface area contributed by atoms with Crippen LogP contribution in [-0.2, 0) is 9.22 Å². The fourth-order valence-electron chi connectivity index (χ4n) is 0.892. The summed E-state index contributed by atoms with van der Waals surface area (Å²) in [4.78, 5) is 10.6. The second-order valence-corrected chi connectivity index (χ2v) is 10.7. The van der Waals surface area contributed by atoms with Crippen molar-refractivity contribution >= 4 is 14.3 Å². The Labute approximate surface area is 128 Å². The third kappa shape index (κ3) is 6.36. The standard InChI is InChI=1S/C11H25NO3Si.Na/c1-8(9(12)10(13)14)7-15-16(5,6)11(2,3)4;/h8-9H,7,12H2,1-6H3,(H,13,14);/q;+1/p-1/t8-,9-;/m1./s1. The predicted octanol–water partition coefficient (Wildman–Crippen LogP) is -2.27. The van der Waals surface area contributed by atoms with Crippen LogP contribution in [0.3, 0.4) is 0 Å². The van der Waals surface area contributed by atoms with Crippen LogP contribution in [0.1, 0.15) is 27.7 Å². The Morgan fingerprint density at radius 2 is 1.82 bits per heavy atom. The molecule has 2 N–H and O–H groups in total. The third-order valence-electron chi connectivity index (χ3n) is 3.40. The fourth-order valence-corrected chi connectivity index (χ4v) is 2.00. The van der Waals surface area contributed by atoms with E-state index < -0.39 is 20.3 Å². The first-order chi connectivity index (χ1) is 6.99. The van der Waals surface area contributed by atoms with Gasteiger partial charge in [-0.05, 0) is 24.1 Å². The summed E-state index contributed by atoms with van der Waals surface area (Å²) >= 11 is 0. The predicted molar refractivity (Wildman–Crippen MR) is 65.3 cm³/mol. The van der Waals surface area contributed by atoms with Gasteiger partial charge in [0.2, 0.25) is 0 Å². The average molecular weight is 269 g/mol. The molecule has 4 nitrogen and oxygen atoms in total. The van der Waals surface area contributed by atoms with Gasteiger partial charge in [-0.3, -0.25) is 0 Å². The first-order valence-corrected chi connectivity index (χ1v) is 8.50. The fraction of sp³-hybridized carbons (Fsp3) is 0.909. The summed E-state index contributed by atoms with van der Waals surface area (Å²) in [6, 6.07) is -0.954. The number of hydrogen-bond donors (Lipinski definition) is 1. The molecule has 0 aromatic rings. The van der Waals surface area contributed by atoms with E-state index in [0.29, 0.717) is 6.61 Å². The number of hydrogen-bond acceptors (Lipinski definition) is 4. The molecule has 0 fully saturated rings. The topological polar surface area (TPSA) is 75.4 Å². The second-order valence-electron chi connectivity index (χ2n) is 5.89. The molecule has 0 rings (SSSR count). The van der Waals surface area contributed by atoms with Crippen LogP contribution in [0.4, 0.5) is 0 Å². The summed E-state index contributed by atoms with van der Waals surface area (Å²) in [5.41, 5.74) is 5.47. The molecule has 17 heavy (non-hydrogen) atoms. The maximum Gasteiger partial charge on any atom is 1.00 e. The summed E-state index contributed by atoms with van der Waals surface area (Å²) in [6.07, 6.45) is 0. The van der Waals surface area contributed by atoms with Gasteiger partial charge in [-0.1, -0.05) is 27.7 Å². The van der Waals surface area contributed by atoms with Crippen molar-refractivity contribution in [3.8, 4) is 0 Å². The molecule has 0 heterocycles. The van der Waals surface area contributed by atoms with Crippen LogP contribution in [-0.4, -0.2) is 26.9 Å². The minimum atomic E-state index is -1.82. The van der Waals surface area contributed by atoms with Crippen molar-refractivity contribution in [2.24, 2.45) is 11.7 Å². The summed E-state index contributed by atoms with van der Waals surface area (Å²) in [5, 5.41) is 10.7. The molecule has 0 amide bonds. The second kappa shape index (κ2) is 7.26. The Kier molecular flexibility index (Phi) is 8.51.